The smallest absolute Gasteiger partial charge is 0.434 e. The van der Waals surface area contributed by atoms with Crippen LogP contribution in [0.2, 0.25) is 5.02 Å². The fraction of sp³-hybridized carbons (Fsp3) is 0.211. The molecule has 2 amide bonds. The van der Waals surface area contributed by atoms with E-state index < -0.39 is 45.5 Å². The van der Waals surface area contributed by atoms with Gasteiger partial charge in [0.15, 0.2) is 5.82 Å². The van der Waals surface area contributed by atoms with E-state index in [9.17, 15) is 24.1 Å². The number of hydrogen-bond acceptors (Lipinski definition) is 5. The van der Waals surface area contributed by atoms with Crippen molar-refractivity contribution < 1.29 is 28.4 Å². The molecule has 1 atom stereocenters. The summed E-state index contributed by atoms with van der Waals surface area (Å²) in [7, 11) is 1.29. The second kappa shape index (κ2) is 8.38. The van der Waals surface area contributed by atoms with Crippen molar-refractivity contribution in [3.05, 3.63) is 62.7 Å². The molecule has 0 unspecified atom stereocenters. The number of anilines is 2. The van der Waals surface area contributed by atoms with Gasteiger partial charge in [-0.15, -0.1) is 4.99 Å². The second-order valence-corrected chi connectivity index (χ2v) is 7.57. The van der Waals surface area contributed by atoms with Gasteiger partial charge in [-0.25, -0.2) is 13.6 Å². The number of carbonyl (C=O) groups is 2. The number of nitrogens with zero attached hydrogens (tertiary/aromatic N) is 3. The molecule has 0 spiro atoms. The van der Waals surface area contributed by atoms with Crippen LogP contribution in [-0.2, 0) is 10.3 Å². The van der Waals surface area contributed by atoms with E-state index in [1.807, 2.05) is 0 Å². The number of halogens is 3. The van der Waals surface area contributed by atoms with Crippen LogP contribution in [0, 0.1) is 21.7 Å². The van der Waals surface area contributed by atoms with Crippen LogP contribution < -0.4 is 10.6 Å². The minimum absolute atomic E-state index is 0.0964. The number of benzene rings is 2. The predicted octanol–water partition coefficient (Wildman–Crippen LogP) is 3.97. The van der Waals surface area contributed by atoms with Gasteiger partial charge in [0.25, 0.3) is 5.69 Å². The van der Waals surface area contributed by atoms with Crippen LogP contribution in [0.4, 0.5) is 30.6 Å². The Kier molecular flexibility index (Phi) is 5.99. The Morgan fingerprint density at radius 2 is 2.06 bits per heavy atom. The Balaban J connectivity index is 2.09. The topological polar surface area (TPSA) is 137 Å². The summed E-state index contributed by atoms with van der Waals surface area (Å²) in [6.07, 6.45) is -1.88. The summed E-state index contributed by atoms with van der Waals surface area (Å²) in [5, 5.41) is 25.4. The fourth-order valence-corrected chi connectivity index (χ4v) is 3.44. The molecule has 2 aromatic carbocycles. The molecule has 3 N–H and O–H groups in total. The maximum Gasteiger partial charge on any atom is 0.434 e. The Morgan fingerprint density at radius 1 is 1.38 bits per heavy atom. The van der Waals surface area contributed by atoms with Gasteiger partial charge in [0, 0.05) is 23.7 Å². The molecule has 1 saturated heterocycles. The van der Waals surface area contributed by atoms with Crippen LogP contribution in [0.15, 0.2) is 35.3 Å². The molecule has 0 bridgehead atoms. The van der Waals surface area contributed by atoms with Gasteiger partial charge in [-0.3, -0.25) is 19.8 Å². The van der Waals surface area contributed by atoms with Gasteiger partial charge < -0.3 is 15.7 Å². The van der Waals surface area contributed by atoms with Crippen molar-refractivity contribution in [3.63, 3.8) is 0 Å². The molecular formula is C19H16ClF2N5O5. The van der Waals surface area contributed by atoms with Crippen molar-refractivity contribution in [2.24, 2.45) is 4.99 Å². The lowest BCUT2D eigenvalue weighted by atomic mass is 9.85. The van der Waals surface area contributed by atoms with Gasteiger partial charge in [-0.2, -0.15) is 0 Å². The highest BCUT2D eigenvalue weighted by Gasteiger charge is 2.41. The van der Waals surface area contributed by atoms with Crippen LogP contribution in [0.1, 0.15) is 18.9 Å². The molecule has 10 nitrogen and oxygen atoms in total. The van der Waals surface area contributed by atoms with Crippen LogP contribution in [0.3, 0.4) is 0 Å². The average Bonchev–Trinajstić information content (AvgIpc) is 2.68. The number of nitro benzene ring substituents is 1. The lowest BCUT2D eigenvalue weighted by molar-refractivity contribution is -0.383. The Morgan fingerprint density at radius 3 is 2.69 bits per heavy atom. The lowest BCUT2D eigenvalue weighted by Gasteiger charge is -2.40. The monoisotopic (exact) mass is 467 g/mol. The van der Waals surface area contributed by atoms with Gasteiger partial charge in [0.05, 0.1) is 16.9 Å². The molecule has 13 heteroatoms. The van der Waals surface area contributed by atoms with E-state index in [0.29, 0.717) is 0 Å². The first kappa shape index (κ1) is 22.9. The maximum absolute atomic E-state index is 15.5. The van der Waals surface area contributed by atoms with Crippen molar-refractivity contribution in [2.75, 3.05) is 12.4 Å². The summed E-state index contributed by atoms with van der Waals surface area (Å²) in [4.78, 5) is 38.2. The highest BCUT2D eigenvalue weighted by Crippen LogP contribution is 2.37. The Labute approximate surface area is 184 Å². The number of guanidine groups is 1. The number of carboxylic acid groups (broad SMARTS) is 1. The van der Waals surface area contributed by atoms with Crippen LogP contribution >= 0.6 is 11.6 Å². The van der Waals surface area contributed by atoms with Crippen LogP contribution in [0.25, 0.3) is 0 Å². The van der Waals surface area contributed by atoms with E-state index in [2.05, 4.69) is 15.6 Å². The molecule has 1 aliphatic rings. The largest absolute Gasteiger partial charge is 0.463 e. The third-order valence-electron chi connectivity index (χ3n) is 4.89. The molecule has 1 aliphatic heterocycles. The first-order valence-electron chi connectivity index (χ1n) is 8.99. The average molecular weight is 468 g/mol. The van der Waals surface area contributed by atoms with Crippen molar-refractivity contribution in [1.29, 1.82) is 0 Å². The quantitative estimate of drug-likeness (QED) is 0.457. The fourth-order valence-electron chi connectivity index (χ4n) is 3.27. The van der Waals surface area contributed by atoms with Gasteiger partial charge in [0.2, 0.25) is 11.9 Å². The molecule has 0 aliphatic carbocycles. The van der Waals surface area contributed by atoms with E-state index in [1.54, 1.807) is 0 Å². The van der Waals surface area contributed by atoms with Crippen LogP contribution in [-0.4, -0.2) is 39.9 Å². The second-order valence-electron chi connectivity index (χ2n) is 7.13. The molecule has 3 rings (SSSR count). The standard InChI is InChI=1S/C19H16ClF2N5O5/c1-19(8-14(28)26(2)17(25-19)24-18(29)30)10-4-5-11(21)16(15(10)22)23-12-7-9(20)3-6-13(12)27(31)32/h3-7,23H,8H2,1-2H3,(H,24,25)(H,29,30)/t19-/m0/s1. The SMILES string of the molecule is CN1C(=O)C[C@@](C)(c2ccc(F)c(Nc3cc(Cl)ccc3[N+](=O)[O-])c2F)N/C1=N\C(=O)O. The van der Waals surface area contributed by atoms with Crippen molar-refractivity contribution in [2.45, 2.75) is 18.9 Å². The van der Waals surface area contributed by atoms with Gasteiger partial charge in [-0.1, -0.05) is 17.7 Å². The number of amides is 2. The van der Waals surface area contributed by atoms with Gasteiger partial charge in [0.1, 0.15) is 17.2 Å². The first-order chi connectivity index (χ1) is 14.9. The van der Waals surface area contributed by atoms with Crippen molar-refractivity contribution in [1.82, 2.24) is 10.2 Å². The lowest BCUT2D eigenvalue weighted by Crippen LogP contribution is -2.59. The number of aliphatic imine (C=N–C) groups is 1. The zero-order valence-corrected chi connectivity index (χ0v) is 17.4. The number of carbonyl (C=O) groups excluding carboxylic acids is 1. The first-order valence-corrected chi connectivity index (χ1v) is 9.36. The van der Waals surface area contributed by atoms with E-state index >= 15 is 4.39 Å². The highest BCUT2D eigenvalue weighted by molar-refractivity contribution is 6.31. The summed E-state index contributed by atoms with van der Waals surface area (Å²) >= 11 is 5.87. The summed E-state index contributed by atoms with van der Waals surface area (Å²) in [6, 6.07) is 5.49. The molecule has 2 aromatic rings. The summed E-state index contributed by atoms with van der Waals surface area (Å²) < 4.78 is 30.0. The normalized spacial score (nSPS) is 19.6. The molecular weight excluding hydrogens is 452 g/mol. The molecule has 0 radical (unpaired) electrons. The third-order valence-corrected chi connectivity index (χ3v) is 5.12. The van der Waals surface area contributed by atoms with E-state index in [1.165, 1.54) is 20.0 Å². The molecule has 0 aromatic heterocycles. The minimum Gasteiger partial charge on any atom is -0.463 e. The summed E-state index contributed by atoms with van der Waals surface area (Å²) in [5.41, 5.74) is -3.10. The molecule has 32 heavy (non-hydrogen) atoms. The minimum atomic E-state index is -1.58. The zero-order valence-electron chi connectivity index (χ0n) is 16.6. The summed E-state index contributed by atoms with van der Waals surface area (Å²) in [6.45, 7) is 1.41. The molecule has 168 valence electrons. The maximum atomic E-state index is 15.5. The third kappa shape index (κ3) is 4.30. The number of hydrogen-bond donors (Lipinski definition) is 3. The number of nitro groups is 1. The van der Waals surface area contributed by atoms with Gasteiger partial charge >= 0.3 is 6.09 Å². The molecule has 1 heterocycles. The van der Waals surface area contributed by atoms with E-state index in [0.717, 1.165) is 29.2 Å². The van der Waals surface area contributed by atoms with E-state index in [4.69, 9.17) is 16.7 Å². The predicted molar refractivity (Wildman–Crippen MR) is 111 cm³/mol. The highest BCUT2D eigenvalue weighted by atomic mass is 35.5. The Hall–Kier alpha value is -3.80. The van der Waals surface area contributed by atoms with Crippen molar-refractivity contribution in [3.8, 4) is 0 Å². The number of nitrogens with one attached hydrogen (secondary N) is 2. The summed E-state index contributed by atoms with van der Waals surface area (Å²) in [5.74, 6) is -3.08. The Bertz CT molecular complexity index is 1180. The zero-order chi connectivity index (χ0) is 23.8. The molecule has 0 saturated carbocycles. The van der Waals surface area contributed by atoms with Gasteiger partial charge in [-0.05, 0) is 25.1 Å². The van der Waals surface area contributed by atoms with Crippen LogP contribution in [0.5, 0.6) is 0 Å². The van der Waals surface area contributed by atoms with Crippen molar-refractivity contribution >= 4 is 46.6 Å². The number of rotatable bonds is 4. The van der Waals surface area contributed by atoms with E-state index in [-0.39, 0.29) is 28.7 Å². The molecule has 1 fully saturated rings.